The Morgan fingerprint density at radius 3 is 3.06 bits per heavy atom. The van der Waals surface area contributed by atoms with Crippen molar-refractivity contribution in [3.8, 4) is 10.6 Å². The first kappa shape index (κ1) is 11.7. The van der Waals surface area contributed by atoms with E-state index in [9.17, 15) is 9.18 Å². The summed E-state index contributed by atoms with van der Waals surface area (Å²) < 4.78 is 13.0. The number of aromatic nitrogens is 1. The summed E-state index contributed by atoms with van der Waals surface area (Å²) in [6.07, 6.45) is 0.252. The molecule has 0 saturated heterocycles. The zero-order valence-corrected chi connectivity index (χ0v) is 10.1. The number of benzene rings is 1. The van der Waals surface area contributed by atoms with E-state index in [1.807, 2.05) is 5.38 Å². The van der Waals surface area contributed by atoms with E-state index in [0.29, 0.717) is 5.69 Å². The Bertz CT molecular complexity index is 539. The lowest BCUT2D eigenvalue weighted by Crippen LogP contribution is -2.19. The zero-order chi connectivity index (χ0) is 12.3. The number of hydrogen-bond donors (Lipinski definition) is 1. The number of carbonyl (C=O) groups is 1. The van der Waals surface area contributed by atoms with Crippen LogP contribution >= 0.6 is 11.3 Å². The molecule has 1 amide bonds. The van der Waals surface area contributed by atoms with Crippen LogP contribution in [-0.4, -0.2) is 17.9 Å². The van der Waals surface area contributed by atoms with Crippen molar-refractivity contribution < 1.29 is 9.18 Å². The van der Waals surface area contributed by atoms with Crippen molar-refractivity contribution in [1.29, 1.82) is 0 Å². The number of rotatable bonds is 3. The second-order valence-corrected chi connectivity index (χ2v) is 4.36. The number of nitrogens with zero attached hydrogens (tertiary/aromatic N) is 1. The molecule has 1 aromatic carbocycles. The van der Waals surface area contributed by atoms with Crippen molar-refractivity contribution in [2.75, 3.05) is 7.05 Å². The van der Waals surface area contributed by atoms with Gasteiger partial charge in [0.25, 0.3) is 0 Å². The van der Waals surface area contributed by atoms with Crippen LogP contribution < -0.4 is 5.32 Å². The van der Waals surface area contributed by atoms with Crippen LogP contribution in [-0.2, 0) is 11.2 Å². The molecule has 2 aromatic rings. The maximum Gasteiger partial charge on any atom is 0.225 e. The minimum absolute atomic E-state index is 0.0823. The molecule has 0 aliphatic heterocycles. The van der Waals surface area contributed by atoms with Crippen LogP contribution in [0.4, 0.5) is 4.39 Å². The minimum atomic E-state index is -0.287. The Hall–Kier alpha value is -1.75. The quantitative estimate of drug-likeness (QED) is 0.907. The average Bonchev–Trinajstić information content (AvgIpc) is 2.77. The third kappa shape index (κ3) is 2.88. The molecule has 0 aliphatic carbocycles. The Labute approximate surface area is 102 Å². The minimum Gasteiger partial charge on any atom is -0.359 e. The molecular formula is C12H11FN2OS. The van der Waals surface area contributed by atoms with E-state index in [1.54, 1.807) is 19.2 Å². The van der Waals surface area contributed by atoms with E-state index in [0.717, 1.165) is 10.6 Å². The molecule has 1 N–H and O–H groups in total. The maximum absolute atomic E-state index is 13.0. The Morgan fingerprint density at radius 1 is 1.53 bits per heavy atom. The fraction of sp³-hybridized carbons (Fsp3) is 0.167. The number of carbonyl (C=O) groups excluding carboxylic acids is 1. The summed E-state index contributed by atoms with van der Waals surface area (Å²) in [6.45, 7) is 0. The smallest absolute Gasteiger partial charge is 0.225 e. The molecule has 0 bridgehead atoms. The molecule has 0 spiro atoms. The standard InChI is InChI=1S/C12H11FN2OS/c1-14-11(16)6-10-7-17-12(15-10)8-3-2-4-9(13)5-8/h2-5,7H,6H2,1H3,(H,14,16). The molecule has 1 heterocycles. The molecule has 17 heavy (non-hydrogen) atoms. The molecule has 1 aromatic heterocycles. The lowest BCUT2D eigenvalue weighted by atomic mass is 10.2. The van der Waals surface area contributed by atoms with Gasteiger partial charge < -0.3 is 5.32 Å². The molecule has 0 aliphatic rings. The molecule has 88 valence electrons. The second-order valence-electron chi connectivity index (χ2n) is 3.50. The fourth-order valence-electron chi connectivity index (χ4n) is 1.40. The summed E-state index contributed by atoms with van der Waals surface area (Å²) in [6, 6.07) is 6.27. The van der Waals surface area contributed by atoms with Gasteiger partial charge in [0.05, 0.1) is 12.1 Å². The van der Waals surface area contributed by atoms with E-state index in [4.69, 9.17) is 0 Å². The highest BCUT2D eigenvalue weighted by atomic mass is 32.1. The van der Waals surface area contributed by atoms with E-state index < -0.39 is 0 Å². The lowest BCUT2D eigenvalue weighted by molar-refractivity contribution is -0.120. The predicted molar refractivity (Wildman–Crippen MR) is 65.3 cm³/mol. The first-order chi connectivity index (χ1) is 8.19. The number of nitrogens with one attached hydrogen (secondary N) is 1. The van der Waals surface area contributed by atoms with Gasteiger partial charge >= 0.3 is 0 Å². The summed E-state index contributed by atoms with van der Waals surface area (Å²) in [5, 5.41) is 5.08. The monoisotopic (exact) mass is 250 g/mol. The van der Waals surface area contributed by atoms with Crippen molar-refractivity contribution in [3.63, 3.8) is 0 Å². The van der Waals surface area contributed by atoms with Gasteiger partial charge in [-0.05, 0) is 12.1 Å². The highest BCUT2D eigenvalue weighted by Crippen LogP contribution is 2.24. The highest BCUT2D eigenvalue weighted by Gasteiger charge is 2.08. The van der Waals surface area contributed by atoms with E-state index in [2.05, 4.69) is 10.3 Å². The first-order valence-electron chi connectivity index (χ1n) is 5.10. The average molecular weight is 250 g/mol. The van der Waals surface area contributed by atoms with Gasteiger partial charge in [0.2, 0.25) is 5.91 Å². The van der Waals surface area contributed by atoms with Crippen LogP contribution in [0.25, 0.3) is 10.6 Å². The largest absolute Gasteiger partial charge is 0.359 e. The molecule has 0 unspecified atom stereocenters. The van der Waals surface area contributed by atoms with Crippen molar-refractivity contribution >= 4 is 17.2 Å². The maximum atomic E-state index is 13.0. The highest BCUT2D eigenvalue weighted by molar-refractivity contribution is 7.13. The molecular weight excluding hydrogens is 239 g/mol. The number of hydrogen-bond acceptors (Lipinski definition) is 3. The topological polar surface area (TPSA) is 42.0 Å². The Kier molecular flexibility index (Phi) is 3.49. The molecule has 5 heteroatoms. The summed E-state index contributed by atoms with van der Waals surface area (Å²) >= 11 is 1.41. The van der Waals surface area contributed by atoms with Gasteiger partial charge in [-0.15, -0.1) is 11.3 Å². The molecule has 0 radical (unpaired) electrons. The van der Waals surface area contributed by atoms with Crippen LogP contribution in [0, 0.1) is 5.82 Å². The number of likely N-dealkylation sites (N-methyl/N-ethyl adjacent to an activating group) is 1. The Morgan fingerprint density at radius 2 is 2.35 bits per heavy atom. The van der Waals surface area contributed by atoms with E-state index >= 15 is 0 Å². The zero-order valence-electron chi connectivity index (χ0n) is 9.24. The normalized spacial score (nSPS) is 10.2. The van der Waals surface area contributed by atoms with Gasteiger partial charge in [0.15, 0.2) is 0 Å². The van der Waals surface area contributed by atoms with Crippen LogP contribution in [0.3, 0.4) is 0 Å². The van der Waals surface area contributed by atoms with Crippen molar-refractivity contribution in [3.05, 3.63) is 41.2 Å². The van der Waals surface area contributed by atoms with Crippen LogP contribution in [0.1, 0.15) is 5.69 Å². The molecule has 0 fully saturated rings. The number of amides is 1. The second kappa shape index (κ2) is 5.05. The van der Waals surface area contributed by atoms with Crippen LogP contribution in [0.5, 0.6) is 0 Å². The molecule has 2 rings (SSSR count). The predicted octanol–water partition coefficient (Wildman–Crippen LogP) is 2.24. The molecule has 3 nitrogen and oxygen atoms in total. The van der Waals surface area contributed by atoms with Crippen LogP contribution in [0.15, 0.2) is 29.6 Å². The third-order valence-corrected chi connectivity index (χ3v) is 3.18. The van der Waals surface area contributed by atoms with Crippen molar-refractivity contribution in [1.82, 2.24) is 10.3 Å². The van der Waals surface area contributed by atoms with Crippen molar-refractivity contribution in [2.45, 2.75) is 6.42 Å². The lowest BCUT2D eigenvalue weighted by Gasteiger charge is -1.96. The first-order valence-corrected chi connectivity index (χ1v) is 5.98. The fourth-order valence-corrected chi connectivity index (χ4v) is 2.21. The van der Waals surface area contributed by atoms with E-state index in [-0.39, 0.29) is 18.1 Å². The van der Waals surface area contributed by atoms with Gasteiger partial charge in [-0.25, -0.2) is 9.37 Å². The van der Waals surface area contributed by atoms with Crippen molar-refractivity contribution in [2.24, 2.45) is 0 Å². The van der Waals surface area contributed by atoms with Gasteiger partial charge in [-0.3, -0.25) is 4.79 Å². The Balaban J connectivity index is 2.21. The van der Waals surface area contributed by atoms with Gasteiger partial charge in [0.1, 0.15) is 10.8 Å². The summed E-state index contributed by atoms with van der Waals surface area (Å²) in [7, 11) is 1.59. The van der Waals surface area contributed by atoms with Gasteiger partial charge in [0, 0.05) is 18.0 Å². The third-order valence-electron chi connectivity index (χ3n) is 2.24. The number of thiazole rings is 1. The SMILES string of the molecule is CNC(=O)Cc1csc(-c2cccc(F)c2)n1. The van der Waals surface area contributed by atoms with Gasteiger partial charge in [-0.1, -0.05) is 12.1 Å². The molecule has 0 saturated carbocycles. The summed E-state index contributed by atoms with van der Waals surface area (Å²) in [5.41, 5.74) is 1.44. The van der Waals surface area contributed by atoms with Gasteiger partial charge in [-0.2, -0.15) is 0 Å². The summed E-state index contributed by atoms with van der Waals surface area (Å²) in [4.78, 5) is 15.5. The van der Waals surface area contributed by atoms with E-state index in [1.165, 1.54) is 23.5 Å². The molecule has 0 atom stereocenters. The van der Waals surface area contributed by atoms with Crippen LogP contribution in [0.2, 0.25) is 0 Å². The summed E-state index contributed by atoms with van der Waals surface area (Å²) in [5.74, 6) is -0.369. The number of halogens is 1.